The van der Waals surface area contributed by atoms with Gasteiger partial charge in [-0.15, -0.1) is 0 Å². The minimum atomic E-state index is -0.0242. The van der Waals surface area contributed by atoms with Gasteiger partial charge in [0, 0.05) is 11.8 Å². The zero-order chi connectivity index (χ0) is 15.9. The van der Waals surface area contributed by atoms with Crippen molar-refractivity contribution in [3.63, 3.8) is 0 Å². The molecule has 0 atom stereocenters. The number of rotatable bonds is 3. The summed E-state index contributed by atoms with van der Waals surface area (Å²) in [5, 5.41) is 9.26. The molecule has 3 rings (SSSR count). The average molecular weight is 297 g/mol. The van der Waals surface area contributed by atoms with Crippen molar-refractivity contribution in [1.29, 1.82) is 0 Å². The first-order valence-corrected chi connectivity index (χ1v) is 7.08. The number of methoxy groups -OCH3 is 1. The summed E-state index contributed by atoms with van der Waals surface area (Å²) in [6, 6.07) is 7.74. The number of pyridine rings is 1. The lowest BCUT2D eigenvalue weighted by atomic mass is 10.0. The molecule has 0 aliphatic rings. The Labute approximate surface area is 129 Å². The highest BCUT2D eigenvalue weighted by atomic mass is 16.5. The van der Waals surface area contributed by atoms with Crippen LogP contribution in [0.1, 0.15) is 16.7 Å². The van der Waals surface area contributed by atoms with Crippen molar-refractivity contribution in [1.82, 2.24) is 9.38 Å². The summed E-state index contributed by atoms with van der Waals surface area (Å²) >= 11 is 0. The normalized spacial score (nSPS) is 11.1. The molecule has 0 unspecified atom stereocenters. The van der Waals surface area contributed by atoms with Crippen LogP contribution in [0, 0.1) is 13.8 Å². The SMILES string of the molecule is COc1cc(C)c(-c2nc3ccc(CO)cn3c2N)cc1C. The van der Waals surface area contributed by atoms with Crippen LogP contribution in [-0.4, -0.2) is 21.6 Å². The van der Waals surface area contributed by atoms with E-state index in [4.69, 9.17) is 10.5 Å². The summed E-state index contributed by atoms with van der Waals surface area (Å²) in [5.41, 5.74) is 11.7. The molecule has 0 radical (unpaired) electrons. The van der Waals surface area contributed by atoms with Gasteiger partial charge in [0.05, 0.1) is 13.7 Å². The van der Waals surface area contributed by atoms with Gasteiger partial charge < -0.3 is 15.6 Å². The molecule has 114 valence electrons. The molecule has 3 N–H and O–H groups in total. The highest BCUT2D eigenvalue weighted by molar-refractivity contribution is 5.78. The third-order valence-electron chi connectivity index (χ3n) is 3.90. The number of aromatic nitrogens is 2. The van der Waals surface area contributed by atoms with E-state index in [2.05, 4.69) is 4.98 Å². The van der Waals surface area contributed by atoms with Crippen molar-refractivity contribution < 1.29 is 9.84 Å². The van der Waals surface area contributed by atoms with E-state index in [0.717, 1.165) is 39.3 Å². The molecule has 2 heterocycles. The minimum absolute atomic E-state index is 0.0242. The van der Waals surface area contributed by atoms with Crippen LogP contribution in [0.3, 0.4) is 0 Å². The van der Waals surface area contributed by atoms with Gasteiger partial charge in [-0.05, 0) is 48.7 Å². The minimum Gasteiger partial charge on any atom is -0.496 e. The lowest BCUT2D eigenvalue weighted by Gasteiger charge is -2.10. The first kappa shape index (κ1) is 14.4. The second-order valence-corrected chi connectivity index (χ2v) is 5.41. The molecule has 2 aromatic heterocycles. The van der Waals surface area contributed by atoms with Crippen molar-refractivity contribution in [3.05, 3.63) is 47.2 Å². The summed E-state index contributed by atoms with van der Waals surface area (Å²) < 4.78 is 7.16. The van der Waals surface area contributed by atoms with E-state index >= 15 is 0 Å². The third kappa shape index (κ3) is 2.19. The van der Waals surface area contributed by atoms with Crippen molar-refractivity contribution in [2.45, 2.75) is 20.5 Å². The van der Waals surface area contributed by atoms with Gasteiger partial charge in [-0.2, -0.15) is 0 Å². The smallest absolute Gasteiger partial charge is 0.139 e. The number of aliphatic hydroxyl groups is 1. The standard InChI is InChI=1S/C17H19N3O2/c1-10-7-14(22-3)11(2)6-13(10)16-17(18)20-8-12(9-21)4-5-15(20)19-16/h4-8,21H,9,18H2,1-3H3. The maximum Gasteiger partial charge on any atom is 0.139 e. The van der Waals surface area contributed by atoms with Crippen LogP contribution in [0.5, 0.6) is 5.75 Å². The first-order chi connectivity index (χ1) is 10.5. The highest BCUT2D eigenvalue weighted by Gasteiger charge is 2.15. The number of ether oxygens (including phenoxy) is 1. The van der Waals surface area contributed by atoms with E-state index < -0.39 is 0 Å². The Balaban J connectivity index is 2.22. The van der Waals surface area contributed by atoms with E-state index in [9.17, 15) is 5.11 Å². The zero-order valence-electron chi connectivity index (χ0n) is 12.9. The van der Waals surface area contributed by atoms with Gasteiger partial charge in [0.25, 0.3) is 0 Å². The average Bonchev–Trinajstić information content (AvgIpc) is 2.85. The topological polar surface area (TPSA) is 72.8 Å². The van der Waals surface area contributed by atoms with Crippen LogP contribution in [-0.2, 0) is 6.61 Å². The number of fused-ring (bicyclic) bond motifs is 1. The Kier molecular flexibility index (Phi) is 3.50. The second kappa shape index (κ2) is 5.35. The maximum absolute atomic E-state index is 9.26. The van der Waals surface area contributed by atoms with Gasteiger partial charge in [0.1, 0.15) is 22.9 Å². The van der Waals surface area contributed by atoms with Crippen LogP contribution in [0.4, 0.5) is 5.82 Å². The molecule has 5 heteroatoms. The molecule has 3 aromatic rings. The number of nitrogens with zero attached hydrogens (tertiary/aromatic N) is 2. The molecule has 0 bridgehead atoms. The molecule has 1 aromatic carbocycles. The number of anilines is 1. The molecule has 5 nitrogen and oxygen atoms in total. The van der Waals surface area contributed by atoms with Crippen molar-refractivity contribution >= 4 is 11.5 Å². The Morgan fingerprint density at radius 1 is 1.23 bits per heavy atom. The molecule has 0 fully saturated rings. The fourth-order valence-electron chi connectivity index (χ4n) is 2.66. The fraction of sp³-hybridized carbons (Fsp3) is 0.235. The van der Waals surface area contributed by atoms with E-state index in [-0.39, 0.29) is 6.61 Å². The van der Waals surface area contributed by atoms with Crippen molar-refractivity contribution in [2.24, 2.45) is 0 Å². The Morgan fingerprint density at radius 2 is 2.00 bits per heavy atom. The molecule has 0 amide bonds. The number of nitrogen functional groups attached to an aromatic ring is 1. The molecular formula is C17H19N3O2. The van der Waals surface area contributed by atoms with Crippen LogP contribution in [0.2, 0.25) is 0 Å². The summed E-state index contributed by atoms with van der Waals surface area (Å²) in [4.78, 5) is 4.63. The van der Waals surface area contributed by atoms with Crippen molar-refractivity contribution in [3.8, 4) is 17.0 Å². The summed E-state index contributed by atoms with van der Waals surface area (Å²) in [6.07, 6.45) is 1.81. The molecule has 0 spiro atoms. The van der Waals surface area contributed by atoms with Gasteiger partial charge >= 0.3 is 0 Å². The number of nitrogens with two attached hydrogens (primary N) is 1. The number of hydrogen-bond donors (Lipinski definition) is 2. The number of hydrogen-bond acceptors (Lipinski definition) is 4. The summed E-state index contributed by atoms with van der Waals surface area (Å²) in [6.45, 7) is 3.99. The predicted octanol–water partition coefficient (Wildman–Crippen LogP) is 2.70. The number of aliphatic hydroxyl groups excluding tert-OH is 1. The van der Waals surface area contributed by atoms with E-state index in [1.54, 1.807) is 11.5 Å². The van der Waals surface area contributed by atoms with E-state index in [1.807, 2.05) is 44.3 Å². The van der Waals surface area contributed by atoms with E-state index in [1.165, 1.54) is 0 Å². The zero-order valence-corrected chi connectivity index (χ0v) is 12.9. The van der Waals surface area contributed by atoms with Crippen LogP contribution in [0.15, 0.2) is 30.5 Å². The van der Waals surface area contributed by atoms with Gasteiger partial charge in [0.2, 0.25) is 0 Å². The van der Waals surface area contributed by atoms with Gasteiger partial charge in [-0.1, -0.05) is 6.07 Å². The van der Waals surface area contributed by atoms with Crippen LogP contribution < -0.4 is 10.5 Å². The lowest BCUT2D eigenvalue weighted by Crippen LogP contribution is -1.97. The number of imidazole rings is 1. The third-order valence-corrected chi connectivity index (χ3v) is 3.90. The quantitative estimate of drug-likeness (QED) is 0.779. The molecule has 0 aliphatic carbocycles. The molecular weight excluding hydrogens is 278 g/mol. The molecule has 0 aliphatic heterocycles. The fourth-order valence-corrected chi connectivity index (χ4v) is 2.66. The summed E-state index contributed by atoms with van der Waals surface area (Å²) in [5.74, 6) is 1.42. The summed E-state index contributed by atoms with van der Waals surface area (Å²) in [7, 11) is 1.66. The molecule has 22 heavy (non-hydrogen) atoms. The Hall–Kier alpha value is -2.53. The Morgan fingerprint density at radius 3 is 2.68 bits per heavy atom. The predicted molar refractivity (Wildman–Crippen MR) is 87.0 cm³/mol. The van der Waals surface area contributed by atoms with E-state index in [0.29, 0.717) is 5.82 Å². The van der Waals surface area contributed by atoms with Gasteiger partial charge in [-0.3, -0.25) is 4.40 Å². The Bertz CT molecular complexity index is 853. The second-order valence-electron chi connectivity index (χ2n) is 5.41. The highest BCUT2D eigenvalue weighted by Crippen LogP contribution is 2.33. The van der Waals surface area contributed by atoms with Gasteiger partial charge in [-0.25, -0.2) is 4.98 Å². The monoisotopic (exact) mass is 297 g/mol. The molecule has 0 saturated heterocycles. The first-order valence-electron chi connectivity index (χ1n) is 7.08. The number of aryl methyl sites for hydroxylation is 2. The number of benzene rings is 1. The van der Waals surface area contributed by atoms with Gasteiger partial charge in [0.15, 0.2) is 0 Å². The van der Waals surface area contributed by atoms with Crippen LogP contribution in [0.25, 0.3) is 16.9 Å². The largest absolute Gasteiger partial charge is 0.496 e. The molecule has 0 saturated carbocycles. The lowest BCUT2D eigenvalue weighted by molar-refractivity contribution is 0.281. The maximum atomic E-state index is 9.26. The van der Waals surface area contributed by atoms with Crippen LogP contribution >= 0.6 is 0 Å². The van der Waals surface area contributed by atoms with Crippen molar-refractivity contribution in [2.75, 3.05) is 12.8 Å².